The summed E-state index contributed by atoms with van der Waals surface area (Å²) >= 11 is 0. The number of esters is 3. The second-order valence-electron chi connectivity index (χ2n) is 16.0. The smallest absolute Gasteiger partial charge is 0.306 e. The first kappa shape index (κ1) is 55.9. The quantitative estimate of drug-likeness (QED) is 0.0264. The number of hydrogen-bond acceptors (Lipinski definition) is 6. The molecular formula is C53H90O6. The van der Waals surface area contributed by atoms with Gasteiger partial charge in [0.15, 0.2) is 6.10 Å². The molecule has 0 radical (unpaired) electrons. The van der Waals surface area contributed by atoms with E-state index in [2.05, 4.69) is 93.7 Å². The summed E-state index contributed by atoms with van der Waals surface area (Å²) in [7, 11) is 0. The molecule has 0 amide bonds. The molecule has 1 atom stereocenters. The van der Waals surface area contributed by atoms with Gasteiger partial charge in [-0.1, -0.05) is 196 Å². The van der Waals surface area contributed by atoms with Crippen molar-refractivity contribution in [2.24, 2.45) is 0 Å². The molecule has 0 rings (SSSR count). The predicted molar refractivity (Wildman–Crippen MR) is 251 cm³/mol. The SMILES string of the molecule is CC/C=C\C/C=C\C/C=C\CCCCCCCCCC(=O)OCC(COC(=O)CCCCCCCCC)OC(=O)CCCCCCCCC/C=C\C/C=C\C/C=C\CC. The van der Waals surface area contributed by atoms with E-state index in [0.29, 0.717) is 19.3 Å². The third-order valence-electron chi connectivity index (χ3n) is 10.2. The van der Waals surface area contributed by atoms with Crippen molar-refractivity contribution in [3.05, 3.63) is 72.9 Å². The van der Waals surface area contributed by atoms with Gasteiger partial charge in [0.25, 0.3) is 0 Å². The lowest BCUT2D eigenvalue weighted by atomic mass is 10.1. The van der Waals surface area contributed by atoms with Crippen LogP contribution in [0, 0.1) is 0 Å². The summed E-state index contributed by atoms with van der Waals surface area (Å²) in [6, 6.07) is 0. The van der Waals surface area contributed by atoms with Gasteiger partial charge in [0.2, 0.25) is 0 Å². The van der Waals surface area contributed by atoms with Gasteiger partial charge in [-0.2, -0.15) is 0 Å². The monoisotopic (exact) mass is 823 g/mol. The van der Waals surface area contributed by atoms with E-state index in [1.165, 1.54) is 77.0 Å². The molecule has 0 aromatic heterocycles. The largest absolute Gasteiger partial charge is 0.462 e. The topological polar surface area (TPSA) is 78.9 Å². The third kappa shape index (κ3) is 45.8. The number of rotatable bonds is 43. The molecule has 0 fully saturated rings. The van der Waals surface area contributed by atoms with E-state index in [1.54, 1.807) is 0 Å². The highest BCUT2D eigenvalue weighted by Gasteiger charge is 2.19. The number of hydrogen-bond donors (Lipinski definition) is 0. The summed E-state index contributed by atoms with van der Waals surface area (Å²) < 4.78 is 16.7. The summed E-state index contributed by atoms with van der Waals surface area (Å²) in [4.78, 5) is 37.8. The average molecular weight is 823 g/mol. The molecule has 0 bridgehead atoms. The van der Waals surface area contributed by atoms with E-state index < -0.39 is 6.10 Å². The van der Waals surface area contributed by atoms with Crippen LogP contribution in [0.4, 0.5) is 0 Å². The maximum absolute atomic E-state index is 12.7. The van der Waals surface area contributed by atoms with Crippen LogP contribution < -0.4 is 0 Å². The molecule has 0 saturated carbocycles. The molecule has 6 heteroatoms. The lowest BCUT2D eigenvalue weighted by Crippen LogP contribution is -2.30. The number of unbranched alkanes of at least 4 members (excludes halogenated alkanes) is 20. The molecule has 0 aromatic carbocycles. The average Bonchev–Trinajstić information content (AvgIpc) is 3.23. The van der Waals surface area contributed by atoms with Crippen LogP contribution >= 0.6 is 0 Å². The Morgan fingerprint density at radius 1 is 0.356 bits per heavy atom. The van der Waals surface area contributed by atoms with E-state index in [0.717, 1.165) is 109 Å². The zero-order valence-corrected chi connectivity index (χ0v) is 38.5. The fourth-order valence-corrected chi connectivity index (χ4v) is 6.59. The summed E-state index contributed by atoms with van der Waals surface area (Å²) in [5.41, 5.74) is 0. The van der Waals surface area contributed by atoms with Crippen molar-refractivity contribution >= 4 is 17.9 Å². The van der Waals surface area contributed by atoms with Crippen LogP contribution in [0.1, 0.15) is 226 Å². The normalized spacial score (nSPS) is 12.7. The second-order valence-corrected chi connectivity index (χ2v) is 16.0. The maximum Gasteiger partial charge on any atom is 0.306 e. The van der Waals surface area contributed by atoms with E-state index in [1.807, 2.05) is 0 Å². The van der Waals surface area contributed by atoms with E-state index >= 15 is 0 Å². The Hall–Kier alpha value is -3.15. The van der Waals surface area contributed by atoms with Gasteiger partial charge in [-0.25, -0.2) is 0 Å². The van der Waals surface area contributed by atoms with Crippen LogP contribution in [0.3, 0.4) is 0 Å². The van der Waals surface area contributed by atoms with Gasteiger partial charge in [-0.05, 0) is 83.5 Å². The van der Waals surface area contributed by atoms with Gasteiger partial charge in [0, 0.05) is 19.3 Å². The van der Waals surface area contributed by atoms with Crippen molar-refractivity contribution in [3.8, 4) is 0 Å². The first-order chi connectivity index (χ1) is 29.0. The molecule has 0 spiro atoms. The summed E-state index contributed by atoms with van der Waals surface area (Å²) in [5.74, 6) is -0.910. The first-order valence-electron chi connectivity index (χ1n) is 24.4. The summed E-state index contributed by atoms with van der Waals surface area (Å²) in [5, 5.41) is 0. The number of carbonyl (C=O) groups is 3. The molecule has 0 heterocycles. The first-order valence-corrected chi connectivity index (χ1v) is 24.4. The van der Waals surface area contributed by atoms with Gasteiger partial charge in [-0.15, -0.1) is 0 Å². The summed E-state index contributed by atoms with van der Waals surface area (Å²) in [6.07, 6.45) is 58.9. The molecule has 0 aliphatic carbocycles. The van der Waals surface area contributed by atoms with Crippen molar-refractivity contribution in [3.63, 3.8) is 0 Å². The van der Waals surface area contributed by atoms with E-state index in [-0.39, 0.29) is 31.1 Å². The van der Waals surface area contributed by atoms with Gasteiger partial charge in [0.1, 0.15) is 13.2 Å². The Morgan fingerprint density at radius 3 is 1.03 bits per heavy atom. The Kier molecular flexibility index (Phi) is 45.0. The highest BCUT2D eigenvalue weighted by molar-refractivity contribution is 5.71. The number of allylic oxidation sites excluding steroid dienone is 12. The zero-order valence-electron chi connectivity index (χ0n) is 38.5. The third-order valence-corrected chi connectivity index (χ3v) is 10.2. The molecule has 0 aliphatic rings. The standard InChI is InChI=1S/C53H90O6/c1-4-7-10-13-16-18-20-22-24-26-28-30-32-34-37-40-43-46-52(55)58-49-50(48-57-51(54)45-42-39-36-15-12-9-6-3)59-53(56)47-44-41-38-35-33-31-29-27-25-23-21-19-17-14-11-8-5-2/h7-8,10-11,16-19,22-25,50H,4-6,9,12-15,20-21,26-49H2,1-3H3/b10-7-,11-8-,18-16-,19-17-,24-22-,25-23-. The van der Waals surface area contributed by atoms with Crippen LogP contribution in [0.2, 0.25) is 0 Å². The predicted octanol–water partition coefficient (Wildman–Crippen LogP) is 15.9. The molecule has 0 saturated heterocycles. The van der Waals surface area contributed by atoms with Crippen molar-refractivity contribution in [2.75, 3.05) is 13.2 Å². The molecule has 0 aromatic rings. The molecule has 338 valence electrons. The number of carbonyl (C=O) groups excluding carboxylic acids is 3. The minimum atomic E-state index is -0.781. The van der Waals surface area contributed by atoms with Gasteiger partial charge in [-0.3, -0.25) is 14.4 Å². The van der Waals surface area contributed by atoms with Crippen LogP contribution in [0.25, 0.3) is 0 Å². The van der Waals surface area contributed by atoms with Gasteiger partial charge < -0.3 is 14.2 Å². The molecule has 6 nitrogen and oxygen atoms in total. The lowest BCUT2D eigenvalue weighted by molar-refractivity contribution is -0.167. The number of ether oxygens (including phenoxy) is 3. The van der Waals surface area contributed by atoms with Crippen molar-refractivity contribution in [2.45, 2.75) is 232 Å². The zero-order chi connectivity index (χ0) is 43.0. The highest BCUT2D eigenvalue weighted by atomic mass is 16.6. The van der Waals surface area contributed by atoms with Crippen molar-refractivity contribution < 1.29 is 28.6 Å². The molecule has 0 N–H and O–H groups in total. The minimum Gasteiger partial charge on any atom is -0.462 e. The van der Waals surface area contributed by atoms with Gasteiger partial charge in [0.05, 0.1) is 0 Å². The van der Waals surface area contributed by atoms with Crippen LogP contribution in [0.5, 0.6) is 0 Å². The highest BCUT2D eigenvalue weighted by Crippen LogP contribution is 2.14. The van der Waals surface area contributed by atoms with Crippen molar-refractivity contribution in [1.82, 2.24) is 0 Å². The Bertz CT molecular complexity index is 1130. The van der Waals surface area contributed by atoms with Crippen molar-refractivity contribution in [1.29, 1.82) is 0 Å². The molecule has 0 aliphatic heterocycles. The molecule has 59 heavy (non-hydrogen) atoms. The maximum atomic E-state index is 12.7. The minimum absolute atomic E-state index is 0.0827. The van der Waals surface area contributed by atoms with E-state index in [4.69, 9.17) is 14.2 Å². The fourth-order valence-electron chi connectivity index (χ4n) is 6.59. The van der Waals surface area contributed by atoms with Gasteiger partial charge >= 0.3 is 17.9 Å². The summed E-state index contributed by atoms with van der Waals surface area (Å²) in [6.45, 7) is 6.35. The van der Waals surface area contributed by atoms with E-state index in [9.17, 15) is 14.4 Å². The Labute approximate surface area is 363 Å². The fraction of sp³-hybridized carbons (Fsp3) is 0.717. The van der Waals surface area contributed by atoms with Crippen LogP contribution in [-0.2, 0) is 28.6 Å². The lowest BCUT2D eigenvalue weighted by Gasteiger charge is -2.18. The Morgan fingerprint density at radius 2 is 0.661 bits per heavy atom. The molecular weight excluding hydrogens is 733 g/mol. The second kappa shape index (κ2) is 47.5. The molecule has 1 unspecified atom stereocenters. The Balaban J connectivity index is 4.31. The van der Waals surface area contributed by atoms with Crippen LogP contribution in [0.15, 0.2) is 72.9 Å². The van der Waals surface area contributed by atoms with Crippen LogP contribution in [-0.4, -0.2) is 37.2 Å².